The molecule has 2 aromatic carbocycles. The Morgan fingerprint density at radius 2 is 1.61 bits per heavy atom. The maximum Gasteiger partial charge on any atom is 0.255 e. The van der Waals surface area contributed by atoms with Gasteiger partial charge in [0.2, 0.25) is 5.91 Å². The summed E-state index contributed by atoms with van der Waals surface area (Å²) >= 11 is 1.36. The van der Waals surface area contributed by atoms with Gasteiger partial charge in [0, 0.05) is 16.7 Å². The van der Waals surface area contributed by atoms with Crippen LogP contribution < -0.4 is 10.6 Å². The molecule has 146 valence electrons. The third kappa shape index (κ3) is 4.22. The van der Waals surface area contributed by atoms with Gasteiger partial charge in [-0.2, -0.15) is 0 Å². The average molecular weight is 396 g/mol. The Morgan fingerprint density at radius 1 is 0.964 bits per heavy atom. The number of aryl methyl sites for hydroxylation is 3. The Morgan fingerprint density at radius 3 is 2.21 bits per heavy atom. The third-order valence-corrected chi connectivity index (χ3v) is 5.40. The molecule has 3 aromatic rings. The number of amides is 2. The van der Waals surface area contributed by atoms with Crippen LogP contribution in [-0.4, -0.2) is 16.8 Å². The molecular weight excluding hydrogens is 370 g/mol. The van der Waals surface area contributed by atoms with Crippen LogP contribution in [0.2, 0.25) is 0 Å². The molecular formula is C22H25N3O2S. The maximum absolute atomic E-state index is 12.8. The molecule has 0 aliphatic heterocycles. The lowest BCUT2D eigenvalue weighted by molar-refractivity contribution is -0.123. The first kappa shape index (κ1) is 20.0. The average Bonchev–Trinajstić information content (AvgIpc) is 2.98. The van der Waals surface area contributed by atoms with Crippen molar-refractivity contribution >= 4 is 44.2 Å². The fourth-order valence-electron chi connectivity index (χ4n) is 2.97. The van der Waals surface area contributed by atoms with Crippen molar-refractivity contribution in [2.45, 2.75) is 41.5 Å². The molecule has 28 heavy (non-hydrogen) atoms. The zero-order chi connectivity index (χ0) is 20.6. The molecule has 1 aromatic heterocycles. The van der Waals surface area contributed by atoms with Crippen molar-refractivity contribution in [2.75, 3.05) is 10.6 Å². The zero-order valence-electron chi connectivity index (χ0n) is 17.1. The third-order valence-electron chi connectivity index (χ3n) is 4.47. The van der Waals surface area contributed by atoms with Gasteiger partial charge in [0.15, 0.2) is 5.13 Å². The minimum absolute atomic E-state index is 0.0881. The molecule has 0 atom stereocenters. The number of anilines is 2. The van der Waals surface area contributed by atoms with Crippen molar-refractivity contribution in [1.29, 1.82) is 0 Å². The molecule has 5 nitrogen and oxygen atoms in total. The topological polar surface area (TPSA) is 71.1 Å². The highest BCUT2D eigenvalue weighted by atomic mass is 32.1. The summed E-state index contributed by atoms with van der Waals surface area (Å²) in [4.78, 5) is 29.4. The molecule has 1 heterocycles. The van der Waals surface area contributed by atoms with Gasteiger partial charge in [-0.05, 0) is 50.1 Å². The fraction of sp³-hybridized carbons (Fsp3) is 0.318. The van der Waals surface area contributed by atoms with Crippen molar-refractivity contribution in [3.8, 4) is 0 Å². The lowest BCUT2D eigenvalue weighted by Crippen LogP contribution is -2.27. The molecule has 0 spiro atoms. The van der Waals surface area contributed by atoms with E-state index >= 15 is 0 Å². The molecule has 0 aliphatic carbocycles. The zero-order valence-corrected chi connectivity index (χ0v) is 17.9. The Hall–Kier alpha value is -2.73. The predicted octanol–water partition coefficient (Wildman–Crippen LogP) is 5.46. The highest BCUT2D eigenvalue weighted by Gasteiger charge is 2.22. The second-order valence-electron chi connectivity index (χ2n) is 8.13. The highest BCUT2D eigenvalue weighted by Crippen LogP contribution is 2.29. The lowest BCUT2D eigenvalue weighted by atomic mass is 9.96. The normalized spacial score (nSPS) is 11.5. The summed E-state index contributed by atoms with van der Waals surface area (Å²) in [7, 11) is 0. The fourth-order valence-corrected chi connectivity index (χ4v) is 3.87. The van der Waals surface area contributed by atoms with Gasteiger partial charge in [0.1, 0.15) is 0 Å². The standard InChI is InChI=1S/C22H25N3O2S/c1-12-9-13(2)18(14(3)10-12)24-19(26)15-7-8-16-17(11-15)28-21(23-16)25-20(27)22(4,5)6/h7-11H,1-6H3,(H,24,26)(H,23,25,27). The first-order valence-corrected chi connectivity index (χ1v) is 9.97. The molecule has 2 amide bonds. The van der Waals surface area contributed by atoms with E-state index in [4.69, 9.17) is 0 Å². The summed E-state index contributed by atoms with van der Waals surface area (Å²) in [5.74, 6) is -0.250. The van der Waals surface area contributed by atoms with Gasteiger partial charge in [-0.3, -0.25) is 9.59 Å². The molecule has 2 N–H and O–H groups in total. The largest absolute Gasteiger partial charge is 0.322 e. The number of thiazole rings is 1. The lowest BCUT2D eigenvalue weighted by Gasteiger charge is -2.15. The number of nitrogens with zero attached hydrogens (tertiary/aromatic N) is 1. The molecule has 0 unspecified atom stereocenters. The Labute approximate surface area is 169 Å². The van der Waals surface area contributed by atoms with E-state index in [1.807, 2.05) is 53.7 Å². The van der Waals surface area contributed by atoms with Crippen molar-refractivity contribution < 1.29 is 9.59 Å². The number of aromatic nitrogens is 1. The van der Waals surface area contributed by atoms with Crippen LogP contribution >= 0.6 is 11.3 Å². The first-order chi connectivity index (χ1) is 13.0. The minimum Gasteiger partial charge on any atom is -0.322 e. The van der Waals surface area contributed by atoms with E-state index in [1.54, 1.807) is 6.07 Å². The summed E-state index contributed by atoms with van der Waals surface area (Å²) in [6, 6.07) is 9.49. The molecule has 0 fully saturated rings. The van der Waals surface area contributed by atoms with Crippen LogP contribution in [0.3, 0.4) is 0 Å². The number of hydrogen-bond donors (Lipinski definition) is 2. The maximum atomic E-state index is 12.8. The van der Waals surface area contributed by atoms with Gasteiger partial charge in [0.05, 0.1) is 10.2 Å². The van der Waals surface area contributed by atoms with E-state index in [1.165, 1.54) is 16.9 Å². The number of hydrogen-bond acceptors (Lipinski definition) is 4. The molecule has 0 saturated carbocycles. The molecule has 0 saturated heterocycles. The summed E-state index contributed by atoms with van der Waals surface area (Å²) in [6.45, 7) is 11.6. The van der Waals surface area contributed by atoms with Gasteiger partial charge in [-0.1, -0.05) is 49.8 Å². The monoisotopic (exact) mass is 395 g/mol. The van der Waals surface area contributed by atoms with Crippen molar-refractivity contribution in [1.82, 2.24) is 4.98 Å². The van der Waals surface area contributed by atoms with Crippen LogP contribution in [0.5, 0.6) is 0 Å². The van der Waals surface area contributed by atoms with E-state index in [2.05, 4.69) is 27.8 Å². The minimum atomic E-state index is -0.493. The van der Waals surface area contributed by atoms with Crippen molar-refractivity contribution in [3.63, 3.8) is 0 Å². The summed E-state index contributed by atoms with van der Waals surface area (Å²) in [5, 5.41) is 6.41. The molecule has 0 aliphatic rings. The van der Waals surface area contributed by atoms with Gasteiger partial charge < -0.3 is 10.6 Å². The second kappa shape index (κ2) is 7.36. The van der Waals surface area contributed by atoms with Gasteiger partial charge in [-0.15, -0.1) is 0 Å². The van der Waals surface area contributed by atoms with E-state index < -0.39 is 5.41 Å². The number of fused-ring (bicyclic) bond motifs is 1. The number of carbonyl (C=O) groups is 2. The Kier molecular flexibility index (Phi) is 5.26. The van der Waals surface area contributed by atoms with Crippen LogP contribution in [0, 0.1) is 26.2 Å². The van der Waals surface area contributed by atoms with E-state index in [9.17, 15) is 9.59 Å². The van der Waals surface area contributed by atoms with Crippen LogP contribution in [0.15, 0.2) is 30.3 Å². The van der Waals surface area contributed by atoms with E-state index in [0.29, 0.717) is 10.7 Å². The van der Waals surface area contributed by atoms with Crippen LogP contribution in [0.1, 0.15) is 47.8 Å². The molecule has 0 bridgehead atoms. The first-order valence-electron chi connectivity index (χ1n) is 9.16. The van der Waals surface area contributed by atoms with Gasteiger partial charge in [-0.25, -0.2) is 4.98 Å². The quantitative estimate of drug-likeness (QED) is 0.619. The van der Waals surface area contributed by atoms with E-state index in [0.717, 1.165) is 27.0 Å². The van der Waals surface area contributed by atoms with Crippen LogP contribution in [0.25, 0.3) is 10.2 Å². The highest BCUT2D eigenvalue weighted by molar-refractivity contribution is 7.22. The molecule has 0 radical (unpaired) electrons. The van der Waals surface area contributed by atoms with Gasteiger partial charge >= 0.3 is 0 Å². The van der Waals surface area contributed by atoms with E-state index in [-0.39, 0.29) is 11.8 Å². The van der Waals surface area contributed by atoms with Crippen molar-refractivity contribution in [3.05, 3.63) is 52.6 Å². The van der Waals surface area contributed by atoms with Gasteiger partial charge in [0.25, 0.3) is 5.91 Å². The van der Waals surface area contributed by atoms with Crippen molar-refractivity contribution in [2.24, 2.45) is 5.41 Å². The summed E-state index contributed by atoms with van der Waals surface area (Å²) < 4.78 is 0.856. The molecule has 3 rings (SSSR count). The molecule has 6 heteroatoms. The summed E-state index contributed by atoms with van der Waals surface area (Å²) in [5.41, 5.74) is 4.92. The number of benzene rings is 2. The number of carbonyl (C=O) groups excluding carboxylic acids is 2. The predicted molar refractivity (Wildman–Crippen MR) is 116 cm³/mol. The van der Waals surface area contributed by atoms with Crippen LogP contribution in [0.4, 0.5) is 10.8 Å². The smallest absolute Gasteiger partial charge is 0.255 e. The SMILES string of the molecule is Cc1cc(C)c(NC(=O)c2ccc3nc(NC(=O)C(C)(C)C)sc3c2)c(C)c1. The number of rotatable bonds is 3. The number of nitrogens with one attached hydrogen (secondary N) is 2. The van der Waals surface area contributed by atoms with Crippen LogP contribution in [-0.2, 0) is 4.79 Å². The summed E-state index contributed by atoms with van der Waals surface area (Å²) in [6.07, 6.45) is 0. The Balaban J connectivity index is 1.84. The Bertz CT molecular complexity index is 1050. The second-order valence-corrected chi connectivity index (χ2v) is 9.16.